The van der Waals surface area contributed by atoms with E-state index in [1.54, 1.807) is 28.5 Å². The minimum Gasteiger partial charge on any atom is -0.507 e. The van der Waals surface area contributed by atoms with Crippen LogP contribution >= 0.6 is 12.2 Å². The van der Waals surface area contributed by atoms with Gasteiger partial charge in [-0.25, -0.2) is 4.68 Å². The molecule has 3 aromatic rings. The largest absolute Gasteiger partial charge is 0.507 e. The number of benzene rings is 2. The predicted molar refractivity (Wildman–Crippen MR) is 117 cm³/mol. The average molecular weight is 411 g/mol. The number of hydrogen-bond donors (Lipinski definition) is 3. The van der Waals surface area contributed by atoms with Gasteiger partial charge in [-0.3, -0.25) is 14.9 Å². The van der Waals surface area contributed by atoms with Crippen LogP contribution in [0.5, 0.6) is 11.5 Å². The molecule has 0 aliphatic carbocycles. The van der Waals surface area contributed by atoms with Gasteiger partial charge in [-0.15, -0.1) is 0 Å². The molecule has 0 atom stereocenters. The SMILES string of the molecule is COc1ccc(O)c(/C=N/NC(=S)Nc2c(C)n(C)n(-c3ccccc3)c2=O)c1. The van der Waals surface area contributed by atoms with E-state index in [9.17, 15) is 9.90 Å². The lowest BCUT2D eigenvalue weighted by Crippen LogP contribution is -2.28. The van der Waals surface area contributed by atoms with Crippen molar-refractivity contribution in [2.45, 2.75) is 6.92 Å². The molecule has 150 valence electrons. The van der Waals surface area contributed by atoms with Gasteiger partial charge in [0.15, 0.2) is 5.11 Å². The molecule has 0 aliphatic rings. The molecule has 9 heteroatoms. The average Bonchev–Trinajstić information content (AvgIpc) is 2.93. The number of ether oxygens (including phenoxy) is 1. The molecule has 0 bridgehead atoms. The minimum absolute atomic E-state index is 0.0554. The smallest absolute Gasteiger partial charge is 0.295 e. The molecule has 0 fully saturated rings. The van der Waals surface area contributed by atoms with Crippen LogP contribution in [0.25, 0.3) is 5.69 Å². The van der Waals surface area contributed by atoms with Crippen molar-refractivity contribution in [2.24, 2.45) is 12.1 Å². The molecule has 8 nitrogen and oxygen atoms in total. The molecule has 0 spiro atoms. The Morgan fingerprint density at radius 1 is 1.24 bits per heavy atom. The van der Waals surface area contributed by atoms with E-state index in [-0.39, 0.29) is 16.4 Å². The Kier molecular flexibility index (Phi) is 5.99. The highest BCUT2D eigenvalue weighted by Crippen LogP contribution is 2.21. The number of anilines is 1. The molecular formula is C20H21N5O3S. The zero-order valence-electron chi connectivity index (χ0n) is 16.2. The molecular weight excluding hydrogens is 390 g/mol. The van der Waals surface area contributed by atoms with Gasteiger partial charge in [0.25, 0.3) is 5.56 Å². The Hall–Kier alpha value is -3.59. The van der Waals surface area contributed by atoms with Crippen LogP contribution in [0.3, 0.4) is 0 Å². The van der Waals surface area contributed by atoms with E-state index in [4.69, 9.17) is 17.0 Å². The van der Waals surface area contributed by atoms with Gasteiger partial charge in [0.05, 0.1) is 24.7 Å². The summed E-state index contributed by atoms with van der Waals surface area (Å²) in [7, 11) is 3.34. The molecule has 0 saturated heterocycles. The van der Waals surface area contributed by atoms with Crippen LogP contribution in [0.2, 0.25) is 0 Å². The highest BCUT2D eigenvalue weighted by atomic mass is 32.1. The topological polar surface area (TPSA) is 92.8 Å². The van der Waals surface area contributed by atoms with E-state index in [1.165, 1.54) is 19.4 Å². The van der Waals surface area contributed by atoms with Crippen molar-refractivity contribution >= 4 is 29.2 Å². The van der Waals surface area contributed by atoms with Crippen LogP contribution < -0.4 is 21.0 Å². The van der Waals surface area contributed by atoms with E-state index in [0.717, 1.165) is 11.4 Å². The summed E-state index contributed by atoms with van der Waals surface area (Å²) < 4.78 is 8.43. The fraction of sp³-hybridized carbons (Fsp3) is 0.150. The molecule has 29 heavy (non-hydrogen) atoms. The van der Waals surface area contributed by atoms with Gasteiger partial charge in [0, 0.05) is 12.6 Å². The monoisotopic (exact) mass is 411 g/mol. The molecule has 0 radical (unpaired) electrons. The molecule has 1 aromatic heterocycles. The highest BCUT2D eigenvalue weighted by Gasteiger charge is 2.16. The second-order valence-electron chi connectivity index (χ2n) is 6.19. The fourth-order valence-corrected chi connectivity index (χ4v) is 2.93. The van der Waals surface area contributed by atoms with Crippen LogP contribution in [0.1, 0.15) is 11.3 Å². The van der Waals surface area contributed by atoms with Crippen LogP contribution in [0, 0.1) is 6.92 Å². The van der Waals surface area contributed by atoms with Crippen molar-refractivity contribution in [1.29, 1.82) is 0 Å². The predicted octanol–water partition coefficient (Wildman–Crippen LogP) is 2.52. The molecule has 3 rings (SSSR count). The number of aromatic hydroxyl groups is 1. The minimum atomic E-state index is -0.227. The van der Waals surface area contributed by atoms with Gasteiger partial charge >= 0.3 is 0 Å². The molecule has 0 saturated carbocycles. The first kappa shape index (κ1) is 20.2. The summed E-state index contributed by atoms with van der Waals surface area (Å²) in [5, 5.41) is 16.9. The Bertz CT molecular complexity index is 1120. The van der Waals surface area contributed by atoms with Crippen LogP contribution in [0.15, 0.2) is 58.4 Å². The highest BCUT2D eigenvalue weighted by molar-refractivity contribution is 7.80. The second-order valence-corrected chi connectivity index (χ2v) is 6.59. The first-order chi connectivity index (χ1) is 13.9. The number of para-hydroxylation sites is 1. The lowest BCUT2D eigenvalue weighted by molar-refractivity contribution is 0.412. The summed E-state index contributed by atoms with van der Waals surface area (Å²) in [5.41, 5.74) is 4.71. The summed E-state index contributed by atoms with van der Waals surface area (Å²) >= 11 is 5.24. The fourth-order valence-electron chi connectivity index (χ4n) is 2.78. The molecule has 0 amide bonds. The molecule has 0 unspecified atom stereocenters. The van der Waals surface area contributed by atoms with Gasteiger partial charge in [0.2, 0.25) is 0 Å². The summed E-state index contributed by atoms with van der Waals surface area (Å²) in [6.45, 7) is 1.82. The van der Waals surface area contributed by atoms with Crippen molar-refractivity contribution in [2.75, 3.05) is 12.4 Å². The van der Waals surface area contributed by atoms with Crippen molar-refractivity contribution in [3.63, 3.8) is 0 Å². The van der Waals surface area contributed by atoms with Crippen LogP contribution in [-0.4, -0.2) is 32.9 Å². The summed E-state index contributed by atoms with van der Waals surface area (Å²) in [5.74, 6) is 0.645. The molecule has 0 aliphatic heterocycles. The van der Waals surface area contributed by atoms with Crippen molar-refractivity contribution < 1.29 is 9.84 Å². The maximum absolute atomic E-state index is 12.9. The quantitative estimate of drug-likeness (QED) is 0.339. The third kappa shape index (κ3) is 4.30. The molecule has 1 heterocycles. The third-order valence-electron chi connectivity index (χ3n) is 4.40. The summed E-state index contributed by atoms with van der Waals surface area (Å²) in [6.07, 6.45) is 1.41. The van der Waals surface area contributed by atoms with E-state index in [0.29, 0.717) is 17.0 Å². The Labute approximate surface area is 173 Å². The Morgan fingerprint density at radius 2 is 1.97 bits per heavy atom. The number of methoxy groups -OCH3 is 1. The van der Waals surface area contributed by atoms with E-state index >= 15 is 0 Å². The van der Waals surface area contributed by atoms with Crippen molar-refractivity contribution in [3.05, 3.63) is 70.1 Å². The third-order valence-corrected chi connectivity index (χ3v) is 4.59. The Balaban J connectivity index is 1.76. The van der Waals surface area contributed by atoms with Crippen molar-refractivity contribution in [3.8, 4) is 17.2 Å². The number of nitrogens with zero attached hydrogens (tertiary/aromatic N) is 3. The molecule has 2 aromatic carbocycles. The summed E-state index contributed by atoms with van der Waals surface area (Å²) in [6, 6.07) is 14.1. The standard InChI is InChI=1S/C20H21N5O3S/c1-13-18(19(27)25(24(13)2)15-7-5-4-6-8-15)22-20(29)23-21-12-14-11-16(28-3)9-10-17(14)26/h4-12,26H,1-3H3,(H2,22,23,29)/b21-12+. The van der Waals surface area contributed by atoms with E-state index < -0.39 is 0 Å². The Morgan fingerprint density at radius 3 is 2.66 bits per heavy atom. The first-order valence-corrected chi connectivity index (χ1v) is 9.14. The number of rotatable bonds is 5. The second kappa shape index (κ2) is 8.61. The number of phenols is 1. The number of phenolic OH excluding ortho intramolecular Hbond substituents is 1. The van der Waals surface area contributed by atoms with Crippen molar-refractivity contribution in [1.82, 2.24) is 14.8 Å². The van der Waals surface area contributed by atoms with Gasteiger partial charge in [-0.05, 0) is 49.5 Å². The lowest BCUT2D eigenvalue weighted by Gasteiger charge is -2.07. The first-order valence-electron chi connectivity index (χ1n) is 8.73. The van der Waals surface area contributed by atoms with Gasteiger partial charge in [-0.2, -0.15) is 5.10 Å². The van der Waals surface area contributed by atoms with Gasteiger partial charge in [-0.1, -0.05) is 18.2 Å². The van der Waals surface area contributed by atoms with E-state index in [1.807, 2.05) is 37.3 Å². The maximum atomic E-state index is 12.9. The number of thiocarbonyl (C=S) groups is 1. The number of aromatic nitrogens is 2. The van der Waals surface area contributed by atoms with Gasteiger partial charge < -0.3 is 15.2 Å². The summed E-state index contributed by atoms with van der Waals surface area (Å²) in [4.78, 5) is 12.9. The maximum Gasteiger partial charge on any atom is 0.295 e. The molecule has 3 N–H and O–H groups in total. The number of nitrogens with one attached hydrogen (secondary N) is 2. The van der Waals surface area contributed by atoms with Gasteiger partial charge in [0.1, 0.15) is 17.2 Å². The lowest BCUT2D eigenvalue weighted by atomic mass is 10.2. The zero-order chi connectivity index (χ0) is 21.0. The van der Waals surface area contributed by atoms with E-state index in [2.05, 4.69) is 15.8 Å². The van der Waals surface area contributed by atoms with Crippen LogP contribution in [-0.2, 0) is 7.05 Å². The van der Waals surface area contributed by atoms with Crippen LogP contribution in [0.4, 0.5) is 5.69 Å². The normalized spacial score (nSPS) is 10.9. The number of hydrazone groups is 1. The zero-order valence-corrected chi connectivity index (χ0v) is 17.0. The number of hydrogen-bond acceptors (Lipinski definition) is 5.